The van der Waals surface area contributed by atoms with E-state index in [9.17, 15) is 26.3 Å². The van der Waals surface area contributed by atoms with Crippen molar-refractivity contribution in [3.05, 3.63) is 36.7 Å². The van der Waals surface area contributed by atoms with Gasteiger partial charge in [-0.3, -0.25) is 0 Å². The van der Waals surface area contributed by atoms with Gasteiger partial charge in [0, 0.05) is 35.9 Å². The highest BCUT2D eigenvalue weighted by Gasteiger charge is 2.43. The molecule has 2 aliphatic rings. The Morgan fingerprint density at radius 1 is 0.974 bits per heavy atom. The van der Waals surface area contributed by atoms with E-state index in [1.807, 2.05) is 0 Å². The normalized spacial score (nSPS) is 23.5. The molecule has 2 aromatic rings. The monoisotopic (exact) mass is 568 g/mol. The van der Waals surface area contributed by atoms with Gasteiger partial charge in [0.05, 0.1) is 6.20 Å². The van der Waals surface area contributed by atoms with Crippen molar-refractivity contribution in [1.82, 2.24) is 4.98 Å². The number of hydrogen-bond donors (Lipinski definition) is 4. The van der Waals surface area contributed by atoms with E-state index < -0.39 is 24.3 Å². The number of alkyl halides is 6. The number of halogens is 6. The Balaban J connectivity index is 0.000000317. The van der Waals surface area contributed by atoms with Crippen LogP contribution in [-0.4, -0.2) is 64.2 Å². The lowest BCUT2D eigenvalue weighted by Gasteiger charge is -2.49. The molecule has 1 saturated heterocycles. The van der Waals surface area contributed by atoms with Crippen LogP contribution in [0.3, 0.4) is 0 Å². The third-order valence-corrected chi connectivity index (χ3v) is 6.64. The van der Waals surface area contributed by atoms with Crippen LogP contribution in [0.4, 0.5) is 32.0 Å². The fourth-order valence-corrected chi connectivity index (χ4v) is 4.59. The van der Waals surface area contributed by atoms with Crippen LogP contribution in [-0.2, 0) is 9.59 Å². The lowest BCUT2D eigenvalue weighted by atomic mass is 9.68. The molecule has 2 heterocycles. The summed E-state index contributed by atoms with van der Waals surface area (Å²) in [5.41, 5.74) is 15.3. The largest absolute Gasteiger partial charge is 0.490 e. The summed E-state index contributed by atoms with van der Waals surface area (Å²) in [4.78, 5) is 24.5. The van der Waals surface area contributed by atoms with Gasteiger partial charge in [-0.15, -0.1) is 0 Å². The maximum absolute atomic E-state index is 10.6. The number of piperidine rings is 1. The number of nitrogens with two attached hydrogens (primary N) is 2. The molecule has 0 spiro atoms. The lowest BCUT2D eigenvalue weighted by Crippen LogP contribution is -2.64. The van der Waals surface area contributed by atoms with Crippen molar-refractivity contribution in [3.8, 4) is 11.5 Å². The summed E-state index contributed by atoms with van der Waals surface area (Å²) in [5, 5.41) is 14.2. The first kappa shape index (κ1) is 31.9. The number of oxazole rings is 1. The summed E-state index contributed by atoms with van der Waals surface area (Å²) in [7, 11) is 0. The molecular formula is C24H30F6N4O5. The fourth-order valence-electron chi connectivity index (χ4n) is 4.59. The molecule has 1 aliphatic carbocycles. The molecule has 1 aromatic heterocycles. The number of rotatable bonds is 3. The van der Waals surface area contributed by atoms with E-state index in [1.54, 1.807) is 12.5 Å². The first-order valence-corrected chi connectivity index (χ1v) is 11.9. The van der Waals surface area contributed by atoms with Crippen molar-refractivity contribution in [1.29, 1.82) is 0 Å². The van der Waals surface area contributed by atoms with Gasteiger partial charge < -0.3 is 31.0 Å². The fraction of sp³-hybridized carbons (Fsp3) is 0.542. The topological polar surface area (TPSA) is 156 Å². The molecule has 4 rings (SSSR count). The van der Waals surface area contributed by atoms with Crippen molar-refractivity contribution in [2.45, 2.75) is 62.5 Å². The van der Waals surface area contributed by atoms with Gasteiger partial charge in [0.15, 0.2) is 0 Å². The minimum Gasteiger partial charge on any atom is -0.475 e. The molecule has 1 aromatic carbocycles. The van der Waals surface area contributed by atoms with E-state index in [2.05, 4.69) is 34.1 Å². The van der Waals surface area contributed by atoms with Crippen molar-refractivity contribution < 1.29 is 50.6 Å². The van der Waals surface area contributed by atoms with Gasteiger partial charge in [0.2, 0.25) is 5.89 Å². The van der Waals surface area contributed by atoms with Crippen LogP contribution in [0.25, 0.3) is 11.5 Å². The smallest absolute Gasteiger partial charge is 0.475 e. The number of carbonyl (C=O) groups is 2. The summed E-state index contributed by atoms with van der Waals surface area (Å²) in [6.07, 6.45) is 0.0457. The highest BCUT2D eigenvalue weighted by atomic mass is 19.4. The zero-order valence-corrected chi connectivity index (χ0v) is 20.7. The third-order valence-electron chi connectivity index (χ3n) is 6.64. The van der Waals surface area contributed by atoms with E-state index >= 15 is 0 Å². The second-order valence-corrected chi connectivity index (χ2v) is 9.24. The number of hydrogen-bond acceptors (Lipinski definition) is 7. The Morgan fingerprint density at radius 2 is 1.54 bits per heavy atom. The Labute approximate surface area is 219 Å². The van der Waals surface area contributed by atoms with Gasteiger partial charge in [-0.1, -0.05) is 12.8 Å². The zero-order valence-electron chi connectivity index (χ0n) is 20.7. The third kappa shape index (κ3) is 9.13. The minimum atomic E-state index is -5.08. The van der Waals surface area contributed by atoms with Gasteiger partial charge in [-0.05, 0) is 55.9 Å². The van der Waals surface area contributed by atoms with Crippen molar-refractivity contribution in [2.24, 2.45) is 17.4 Å². The van der Waals surface area contributed by atoms with E-state index in [4.69, 9.17) is 35.7 Å². The minimum absolute atomic E-state index is 0.138. The highest BCUT2D eigenvalue weighted by Crippen LogP contribution is 2.37. The van der Waals surface area contributed by atoms with Crippen molar-refractivity contribution in [3.63, 3.8) is 0 Å². The molecule has 218 valence electrons. The second-order valence-electron chi connectivity index (χ2n) is 9.24. The van der Waals surface area contributed by atoms with E-state index in [0.717, 1.165) is 31.5 Å². The van der Waals surface area contributed by atoms with Gasteiger partial charge >= 0.3 is 24.3 Å². The van der Waals surface area contributed by atoms with Crippen LogP contribution in [0.2, 0.25) is 0 Å². The summed E-state index contributed by atoms with van der Waals surface area (Å²) in [6.45, 7) is 2.09. The number of carboxylic acids is 2. The molecular weight excluding hydrogens is 538 g/mol. The standard InChI is InChI=1S/C20H28N4O.2C2HF3O2/c21-18-5-1-2-10-20(18,22)16-4-3-12-24(14-16)17-8-6-15(7-9-17)19-23-11-13-25-19;2*3-2(4,5)1(6)7/h6-9,11,13,16,18H,1-5,10,12,14,21-22H2;2*(H,6,7). The number of carboxylic acid groups (broad SMARTS) is 2. The maximum atomic E-state index is 10.6. The SMILES string of the molecule is NC1CCCCC1(N)C1CCCN(c2ccc(-c3ncco3)cc2)C1.O=C(O)C(F)(F)F.O=C(O)C(F)(F)F. The number of nitrogens with zero attached hydrogens (tertiary/aromatic N) is 2. The average Bonchev–Trinajstić information content (AvgIpc) is 3.41. The van der Waals surface area contributed by atoms with Gasteiger partial charge in [-0.25, -0.2) is 14.6 Å². The molecule has 0 radical (unpaired) electrons. The quantitative estimate of drug-likeness (QED) is 0.394. The molecule has 2 fully saturated rings. The van der Waals surface area contributed by atoms with E-state index in [0.29, 0.717) is 11.8 Å². The van der Waals surface area contributed by atoms with E-state index in [-0.39, 0.29) is 11.6 Å². The van der Waals surface area contributed by atoms with Crippen molar-refractivity contribution >= 4 is 17.6 Å². The summed E-state index contributed by atoms with van der Waals surface area (Å²) < 4.78 is 68.8. The summed E-state index contributed by atoms with van der Waals surface area (Å²) in [5.74, 6) is -4.37. The predicted octanol–water partition coefficient (Wildman–Crippen LogP) is 4.42. The van der Waals surface area contributed by atoms with Crippen LogP contribution in [0, 0.1) is 5.92 Å². The molecule has 1 aliphatic heterocycles. The van der Waals surface area contributed by atoms with Gasteiger partial charge in [0.1, 0.15) is 6.26 Å². The van der Waals surface area contributed by atoms with Crippen molar-refractivity contribution in [2.75, 3.05) is 18.0 Å². The zero-order chi connectivity index (χ0) is 29.4. The molecule has 9 nitrogen and oxygen atoms in total. The second kappa shape index (κ2) is 13.2. The van der Waals surface area contributed by atoms with E-state index in [1.165, 1.54) is 31.4 Å². The molecule has 3 atom stereocenters. The number of benzene rings is 1. The number of anilines is 1. The van der Waals surface area contributed by atoms with Crippen LogP contribution in [0.1, 0.15) is 38.5 Å². The average molecular weight is 569 g/mol. The first-order valence-electron chi connectivity index (χ1n) is 11.9. The Bertz CT molecular complexity index is 1040. The highest BCUT2D eigenvalue weighted by molar-refractivity contribution is 5.73. The molecule has 6 N–H and O–H groups in total. The van der Waals surface area contributed by atoms with Crippen LogP contribution < -0.4 is 16.4 Å². The molecule has 0 bridgehead atoms. The Kier molecular flexibility index (Phi) is 10.8. The summed E-state index contributed by atoms with van der Waals surface area (Å²) in [6, 6.07) is 8.61. The predicted molar refractivity (Wildman–Crippen MR) is 128 cm³/mol. The molecule has 0 amide bonds. The van der Waals surface area contributed by atoms with Crippen LogP contribution in [0.5, 0.6) is 0 Å². The summed E-state index contributed by atoms with van der Waals surface area (Å²) >= 11 is 0. The maximum Gasteiger partial charge on any atom is 0.490 e. The Hall–Kier alpha value is -3.33. The number of aromatic nitrogens is 1. The lowest BCUT2D eigenvalue weighted by molar-refractivity contribution is -0.193. The molecule has 3 unspecified atom stereocenters. The first-order chi connectivity index (χ1) is 18.1. The van der Waals surface area contributed by atoms with Gasteiger partial charge in [-0.2, -0.15) is 26.3 Å². The molecule has 39 heavy (non-hydrogen) atoms. The van der Waals surface area contributed by atoms with Crippen LogP contribution in [0.15, 0.2) is 41.1 Å². The number of aliphatic carboxylic acids is 2. The molecule has 1 saturated carbocycles. The van der Waals surface area contributed by atoms with Crippen LogP contribution >= 0.6 is 0 Å². The van der Waals surface area contributed by atoms with Gasteiger partial charge in [0.25, 0.3) is 0 Å². The Morgan fingerprint density at radius 3 is 2.00 bits per heavy atom. The molecule has 15 heteroatoms.